The molecule has 0 bridgehead atoms. The molecule has 1 aliphatic rings. The fourth-order valence-corrected chi connectivity index (χ4v) is 3.88. The summed E-state index contributed by atoms with van der Waals surface area (Å²) in [5.41, 5.74) is 4.44. The lowest BCUT2D eigenvalue weighted by Crippen LogP contribution is -2.45. The zero-order valence-corrected chi connectivity index (χ0v) is 18.1. The molecule has 4 rings (SSSR count). The number of carbonyl (C=O) groups excluding carboxylic acids is 1. The predicted molar refractivity (Wildman–Crippen MR) is 119 cm³/mol. The number of nitrogens with one attached hydrogen (secondary N) is 1. The SMILES string of the molecule is CC(C)Cc1ccc(-c2nc(-c3ccc(CCNC4CC(OC=O)C4)cc3)no2)cc1. The summed E-state index contributed by atoms with van der Waals surface area (Å²) in [4.78, 5) is 14.9. The maximum Gasteiger partial charge on any atom is 0.293 e. The van der Waals surface area contributed by atoms with Gasteiger partial charge in [0.1, 0.15) is 6.10 Å². The molecule has 1 fully saturated rings. The van der Waals surface area contributed by atoms with Crippen LogP contribution in [-0.2, 0) is 22.4 Å². The highest BCUT2D eigenvalue weighted by Gasteiger charge is 2.29. The molecular formula is C25H29N3O3. The van der Waals surface area contributed by atoms with Gasteiger partial charge < -0.3 is 14.6 Å². The van der Waals surface area contributed by atoms with Crippen LogP contribution in [0.3, 0.4) is 0 Å². The molecule has 0 spiro atoms. The van der Waals surface area contributed by atoms with E-state index >= 15 is 0 Å². The molecule has 3 aromatic rings. The lowest BCUT2D eigenvalue weighted by atomic mass is 9.89. The van der Waals surface area contributed by atoms with Gasteiger partial charge in [0.05, 0.1) is 0 Å². The van der Waals surface area contributed by atoms with Gasteiger partial charge in [0.2, 0.25) is 5.82 Å². The first kappa shape index (κ1) is 21.2. The average molecular weight is 420 g/mol. The van der Waals surface area contributed by atoms with Crippen molar-refractivity contribution in [1.82, 2.24) is 15.5 Å². The van der Waals surface area contributed by atoms with Gasteiger partial charge in [-0.1, -0.05) is 55.4 Å². The highest BCUT2D eigenvalue weighted by molar-refractivity contribution is 5.60. The highest BCUT2D eigenvalue weighted by Crippen LogP contribution is 2.24. The van der Waals surface area contributed by atoms with Gasteiger partial charge >= 0.3 is 0 Å². The molecule has 0 unspecified atom stereocenters. The van der Waals surface area contributed by atoms with E-state index in [4.69, 9.17) is 9.26 Å². The van der Waals surface area contributed by atoms with Gasteiger partial charge in [-0.3, -0.25) is 4.79 Å². The first-order chi connectivity index (χ1) is 15.1. The monoisotopic (exact) mass is 419 g/mol. The number of ether oxygens (including phenoxy) is 1. The first-order valence-electron chi connectivity index (χ1n) is 11.0. The topological polar surface area (TPSA) is 77.3 Å². The predicted octanol–water partition coefficient (Wildman–Crippen LogP) is 4.44. The van der Waals surface area contributed by atoms with Gasteiger partial charge in [-0.25, -0.2) is 0 Å². The number of benzene rings is 2. The smallest absolute Gasteiger partial charge is 0.293 e. The van der Waals surface area contributed by atoms with Crippen LogP contribution >= 0.6 is 0 Å². The summed E-state index contributed by atoms with van der Waals surface area (Å²) in [7, 11) is 0. The summed E-state index contributed by atoms with van der Waals surface area (Å²) < 4.78 is 10.4. The molecule has 0 aliphatic heterocycles. The molecule has 1 heterocycles. The van der Waals surface area contributed by atoms with E-state index in [9.17, 15) is 4.79 Å². The Labute approximate surface area is 183 Å². The molecule has 6 nitrogen and oxygen atoms in total. The summed E-state index contributed by atoms with van der Waals surface area (Å²) in [6.07, 6.45) is 3.90. The number of nitrogens with zero attached hydrogens (tertiary/aromatic N) is 2. The first-order valence-corrected chi connectivity index (χ1v) is 11.0. The Balaban J connectivity index is 1.29. The Kier molecular flexibility index (Phi) is 6.77. The van der Waals surface area contributed by atoms with Crippen LogP contribution in [0, 0.1) is 5.92 Å². The van der Waals surface area contributed by atoms with Crippen LogP contribution in [0.1, 0.15) is 37.8 Å². The number of hydrogen-bond donors (Lipinski definition) is 1. The molecular weight excluding hydrogens is 390 g/mol. The van der Waals surface area contributed by atoms with Crippen molar-refractivity contribution in [1.29, 1.82) is 0 Å². The minimum absolute atomic E-state index is 0.0899. The molecule has 1 saturated carbocycles. The van der Waals surface area contributed by atoms with Crippen molar-refractivity contribution in [2.75, 3.05) is 6.54 Å². The molecule has 0 amide bonds. The van der Waals surface area contributed by atoms with Crippen molar-refractivity contribution in [3.63, 3.8) is 0 Å². The summed E-state index contributed by atoms with van der Waals surface area (Å²) in [5.74, 6) is 1.77. The molecule has 0 atom stereocenters. The fourth-order valence-electron chi connectivity index (χ4n) is 3.88. The molecule has 1 aromatic heterocycles. The maximum absolute atomic E-state index is 10.3. The summed E-state index contributed by atoms with van der Waals surface area (Å²) in [6, 6.07) is 17.1. The third-order valence-electron chi connectivity index (χ3n) is 5.67. The van der Waals surface area contributed by atoms with E-state index < -0.39 is 0 Å². The zero-order chi connectivity index (χ0) is 21.6. The van der Waals surface area contributed by atoms with Crippen LogP contribution in [0.25, 0.3) is 22.8 Å². The van der Waals surface area contributed by atoms with Crippen molar-refractivity contribution < 1.29 is 14.1 Å². The van der Waals surface area contributed by atoms with Crippen molar-refractivity contribution in [2.24, 2.45) is 5.92 Å². The summed E-state index contributed by atoms with van der Waals surface area (Å²) in [6.45, 7) is 5.88. The molecule has 0 radical (unpaired) electrons. The Morgan fingerprint density at radius 3 is 2.42 bits per heavy atom. The van der Waals surface area contributed by atoms with Gasteiger partial charge in [-0.15, -0.1) is 0 Å². The van der Waals surface area contributed by atoms with E-state index in [0.717, 1.165) is 43.4 Å². The van der Waals surface area contributed by atoms with Crippen LogP contribution in [-0.4, -0.2) is 35.3 Å². The minimum Gasteiger partial charge on any atom is -0.464 e. The molecule has 0 saturated heterocycles. The standard InChI is InChI=1S/C25H29N3O3/c1-17(2)13-19-5-9-21(10-6-19)25-27-24(28-31-25)20-7-3-18(4-8-20)11-12-26-22-14-23(15-22)30-16-29/h3-10,16-17,22-23,26H,11-15H2,1-2H3. The third kappa shape index (κ3) is 5.58. The second kappa shape index (κ2) is 9.88. The lowest BCUT2D eigenvalue weighted by molar-refractivity contribution is -0.138. The number of aromatic nitrogens is 2. The quantitative estimate of drug-likeness (QED) is 0.490. The van der Waals surface area contributed by atoms with Gasteiger partial charge in [-0.2, -0.15) is 4.98 Å². The molecule has 31 heavy (non-hydrogen) atoms. The van der Waals surface area contributed by atoms with Crippen molar-refractivity contribution in [3.8, 4) is 22.8 Å². The van der Waals surface area contributed by atoms with Gasteiger partial charge in [0, 0.05) is 17.2 Å². The Bertz CT molecular complexity index is 974. The van der Waals surface area contributed by atoms with Crippen LogP contribution in [0.15, 0.2) is 53.1 Å². The molecule has 6 heteroatoms. The normalized spacial score (nSPS) is 18.0. The van der Waals surface area contributed by atoms with Gasteiger partial charge in [0.25, 0.3) is 12.4 Å². The minimum atomic E-state index is 0.0899. The second-order valence-corrected chi connectivity index (χ2v) is 8.64. The van der Waals surface area contributed by atoms with Crippen molar-refractivity contribution in [3.05, 3.63) is 59.7 Å². The maximum atomic E-state index is 10.3. The van der Waals surface area contributed by atoms with Gasteiger partial charge in [-0.05, 0) is 61.4 Å². The van der Waals surface area contributed by atoms with Crippen LogP contribution in [0.5, 0.6) is 0 Å². The molecule has 2 aromatic carbocycles. The van der Waals surface area contributed by atoms with Crippen LogP contribution < -0.4 is 5.32 Å². The molecule has 162 valence electrons. The fraction of sp³-hybridized carbons (Fsp3) is 0.400. The number of hydrogen-bond acceptors (Lipinski definition) is 6. The summed E-state index contributed by atoms with van der Waals surface area (Å²) in [5, 5.41) is 7.66. The van der Waals surface area contributed by atoms with Crippen LogP contribution in [0.4, 0.5) is 0 Å². The zero-order valence-electron chi connectivity index (χ0n) is 18.1. The Morgan fingerprint density at radius 2 is 1.74 bits per heavy atom. The van der Waals surface area contributed by atoms with Crippen molar-refractivity contribution in [2.45, 2.75) is 51.7 Å². The lowest BCUT2D eigenvalue weighted by Gasteiger charge is -2.34. The Hall–Kier alpha value is -2.99. The largest absolute Gasteiger partial charge is 0.464 e. The summed E-state index contributed by atoms with van der Waals surface area (Å²) >= 11 is 0. The van der Waals surface area contributed by atoms with E-state index in [0.29, 0.717) is 30.1 Å². The second-order valence-electron chi connectivity index (χ2n) is 8.64. The Morgan fingerprint density at radius 1 is 1.06 bits per heavy atom. The van der Waals surface area contributed by atoms with Gasteiger partial charge in [0.15, 0.2) is 0 Å². The van der Waals surface area contributed by atoms with E-state index in [-0.39, 0.29) is 6.10 Å². The van der Waals surface area contributed by atoms with E-state index in [1.165, 1.54) is 11.1 Å². The van der Waals surface area contributed by atoms with Crippen molar-refractivity contribution >= 4 is 6.47 Å². The molecule has 1 N–H and O–H groups in total. The third-order valence-corrected chi connectivity index (χ3v) is 5.67. The van der Waals surface area contributed by atoms with E-state index in [1.807, 2.05) is 24.3 Å². The number of rotatable bonds is 10. The van der Waals surface area contributed by atoms with Crippen LogP contribution in [0.2, 0.25) is 0 Å². The number of carbonyl (C=O) groups is 1. The molecule has 1 aliphatic carbocycles. The highest BCUT2D eigenvalue weighted by atomic mass is 16.5. The van der Waals surface area contributed by atoms with E-state index in [1.54, 1.807) is 0 Å². The average Bonchev–Trinajstić information content (AvgIpc) is 3.23. The van der Waals surface area contributed by atoms with E-state index in [2.05, 4.69) is 53.6 Å².